The Morgan fingerprint density at radius 1 is 1.15 bits per heavy atom. The SMILES string of the molecule is C#CCCOc1ccc(CN(CC2CCCO2)C(=O)C2CCCCC2)cc1. The molecule has 1 aliphatic carbocycles. The minimum Gasteiger partial charge on any atom is -0.493 e. The molecule has 1 saturated heterocycles. The molecule has 2 fully saturated rings. The molecule has 1 unspecified atom stereocenters. The fourth-order valence-corrected chi connectivity index (χ4v) is 4.01. The monoisotopic (exact) mass is 369 g/mol. The normalized spacial score (nSPS) is 20.2. The average molecular weight is 370 g/mol. The predicted molar refractivity (Wildman–Crippen MR) is 106 cm³/mol. The van der Waals surface area contributed by atoms with E-state index in [-0.39, 0.29) is 12.0 Å². The molecule has 1 amide bonds. The molecule has 1 aromatic rings. The molecule has 0 aromatic heterocycles. The molecule has 1 heterocycles. The molecule has 1 saturated carbocycles. The first kappa shape index (κ1) is 19.8. The first-order chi connectivity index (χ1) is 13.3. The summed E-state index contributed by atoms with van der Waals surface area (Å²) in [5, 5.41) is 0. The highest BCUT2D eigenvalue weighted by molar-refractivity contribution is 5.79. The van der Waals surface area contributed by atoms with Gasteiger partial charge in [-0.25, -0.2) is 0 Å². The molecule has 4 heteroatoms. The van der Waals surface area contributed by atoms with Gasteiger partial charge in [-0.2, -0.15) is 0 Å². The highest BCUT2D eigenvalue weighted by atomic mass is 16.5. The van der Waals surface area contributed by atoms with Crippen LogP contribution in [0, 0.1) is 18.3 Å². The molecule has 1 aliphatic heterocycles. The standard InChI is InChI=1S/C23H31NO3/c1-2-3-15-26-21-13-11-19(12-14-21)17-24(18-22-10-7-16-27-22)23(25)20-8-5-4-6-9-20/h1,11-14,20,22H,3-10,15-18H2. The van der Waals surface area contributed by atoms with Crippen LogP contribution >= 0.6 is 0 Å². The number of nitrogens with zero attached hydrogens (tertiary/aromatic N) is 1. The van der Waals surface area contributed by atoms with E-state index in [1.807, 2.05) is 29.2 Å². The van der Waals surface area contributed by atoms with Crippen LogP contribution in [0.5, 0.6) is 5.75 Å². The molecule has 1 aromatic carbocycles. The smallest absolute Gasteiger partial charge is 0.226 e. The molecule has 1 atom stereocenters. The van der Waals surface area contributed by atoms with Gasteiger partial charge >= 0.3 is 0 Å². The van der Waals surface area contributed by atoms with Crippen LogP contribution in [0.1, 0.15) is 56.9 Å². The lowest BCUT2D eigenvalue weighted by atomic mass is 9.88. The number of carbonyl (C=O) groups excluding carboxylic acids is 1. The molecule has 27 heavy (non-hydrogen) atoms. The number of carbonyl (C=O) groups is 1. The van der Waals surface area contributed by atoms with Gasteiger partial charge in [-0.3, -0.25) is 4.79 Å². The van der Waals surface area contributed by atoms with Crippen molar-refractivity contribution in [2.45, 2.75) is 64.0 Å². The van der Waals surface area contributed by atoms with Crippen molar-refractivity contribution in [3.63, 3.8) is 0 Å². The van der Waals surface area contributed by atoms with E-state index in [1.165, 1.54) is 19.3 Å². The van der Waals surface area contributed by atoms with Crippen LogP contribution in [0.4, 0.5) is 0 Å². The molecular weight excluding hydrogens is 338 g/mol. The zero-order valence-corrected chi connectivity index (χ0v) is 16.2. The highest BCUT2D eigenvalue weighted by Gasteiger charge is 2.29. The molecule has 0 radical (unpaired) electrons. The first-order valence-corrected chi connectivity index (χ1v) is 10.3. The Bertz CT molecular complexity index is 622. The number of rotatable bonds is 8. The van der Waals surface area contributed by atoms with Crippen molar-refractivity contribution in [2.75, 3.05) is 19.8 Å². The maximum Gasteiger partial charge on any atom is 0.226 e. The maximum absolute atomic E-state index is 13.2. The van der Waals surface area contributed by atoms with Crippen molar-refractivity contribution >= 4 is 5.91 Å². The van der Waals surface area contributed by atoms with Gasteiger partial charge in [0, 0.05) is 32.0 Å². The van der Waals surface area contributed by atoms with Gasteiger partial charge in [0.2, 0.25) is 5.91 Å². The first-order valence-electron chi connectivity index (χ1n) is 10.3. The second-order valence-electron chi connectivity index (χ2n) is 7.64. The van der Waals surface area contributed by atoms with Crippen molar-refractivity contribution < 1.29 is 14.3 Å². The zero-order valence-electron chi connectivity index (χ0n) is 16.2. The second kappa shape index (κ2) is 10.4. The molecule has 0 bridgehead atoms. The quantitative estimate of drug-likeness (QED) is 0.510. The van der Waals surface area contributed by atoms with Crippen molar-refractivity contribution in [3.8, 4) is 18.1 Å². The van der Waals surface area contributed by atoms with E-state index in [4.69, 9.17) is 15.9 Å². The number of hydrogen-bond donors (Lipinski definition) is 0. The molecule has 146 valence electrons. The summed E-state index contributed by atoms with van der Waals surface area (Å²) in [6.07, 6.45) is 13.9. The fourth-order valence-electron chi connectivity index (χ4n) is 4.01. The number of amides is 1. The van der Waals surface area contributed by atoms with Crippen LogP contribution in [0.3, 0.4) is 0 Å². The minimum atomic E-state index is 0.184. The molecule has 3 rings (SSSR count). The van der Waals surface area contributed by atoms with Gasteiger partial charge in [-0.15, -0.1) is 12.3 Å². The van der Waals surface area contributed by atoms with E-state index in [0.717, 1.165) is 43.6 Å². The second-order valence-corrected chi connectivity index (χ2v) is 7.64. The van der Waals surface area contributed by atoms with Crippen LogP contribution in [-0.2, 0) is 16.1 Å². The average Bonchev–Trinajstić information content (AvgIpc) is 3.22. The van der Waals surface area contributed by atoms with Crippen molar-refractivity contribution in [3.05, 3.63) is 29.8 Å². The molecule has 4 nitrogen and oxygen atoms in total. The number of benzene rings is 1. The van der Waals surface area contributed by atoms with Crippen LogP contribution in [0.25, 0.3) is 0 Å². The molecule has 0 spiro atoms. The van der Waals surface area contributed by atoms with E-state index in [0.29, 0.717) is 32.0 Å². The lowest BCUT2D eigenvalue weighted by Gasteiger charge is -2.31. The lowest BCUT2D eigenvalue weighted by Crippen LogP contribution is -2.41. The minimum absolute atomic E-state index is 0.184. The van der Waals surface area contributed by atoms with E-state index in [2.05, 4.69) is 5.92 Å². The van der Waals surface area contributed by atoms with Crippen LogP contribution in [0.15, 0.2) is 24.3 Å². The van der Waals surface area contributed by atoms with Crippen molar-refractivity contribution in [1.82, 2.24) is 4.90 Å². The van der Waals surface area contributed by atoms with Gasteiger partial charge < -0.3 is 14.4 Å². The summed E-state index contributed by atoms with van der Waals surface area (Å²) in [5.74, 6) is 3.88. The Labute approximate surface area is 163 Å². The van der Waals surface area contributed by atoms with Crippen molar-refractivity contribution in [1.29, 1.82) is 0 Å². The summed E-state index contributed by atoms with van der Waals surface area (Å²) in [7, 11) is 0. The molecule has 2 aliphatic rings. The Morgan fingerprint density at radius 3 is 2.59 bits per heavy atom. The summed E-state index contributed by atoms with van der Waals surface area (Å²) in [6, 6.07) is 8.01. The van der Waals surface area contributed by atoms with Gasteiger partial charge in [0.05, 0.1) is 12.7 Å². The number of terminal acetylenes is 1. The number of ether oxygens (including phenoxy) is 2. The van der Waals surface area contributed by atoms with Gasteiger partial charge in [0.15, 0.2) is 0 Å². The summed E-state index contributed by atoms with van der Waals surface area (Å²) in [4.78, 5) is 15.2. The lowest BCUT2D eigenvalue weighted by molar-refractivity contribution is -0.138. The van der Waals surface area contributed by atoms with Crippen molar-refractivity contribution in [2.24, 2.45) is 5.92 Å². The van der Waals surface area contributed by atoms with Gasteiger partial charge in [-0.1, -0.05) is 31.4 Å². The van der Waals surface area contributed by atoms with Gasteiger partial charge in [0.25, 0.3) is 0 Å². The summed E-state index contributed by atoms with van der Waals surface area (Å²) < 4.78 is 11.4. The van der Waals surface area contributed by atoms with Crippen LogP contribution < -0.4 is 4.74 Å². The van der Waals surface area contributed by atoms with E-state index >= 15 is 0 Å². The topological polar surface area (TPSA) is 38.8 Å². The largest absolute Gasteiger partial charge is 0.493 e. The van der Waals surface area contributed by atoms with E-state index < -0.39 is 0 Å². The Morgan fingerprint density at radius 2 is 1.93 bits per heavy atom. The fraction of sp³-hybridized carbons (Fsp3) is 0.609. The maximum atomic E-state index is 13.2. The third-order valence-electron chi connectivity index (χ3n) is 5.53. The van der Waals surface area contributed by atoms with Gasteiger partial charge in [-0.05, 0) is 43.4 Å². The summed E-state index contributed by atoms with van der Waals surface area (Å²) in [5.41, 5.74) is 1.13. The Kier molecular flexibility index (Phi) is 7.59. The van der Waals surface area contributed by atoms with Gasteiger partial charge in [0.1, 0.15) is 5.75 Å². The van der Waals surface area contributed by atoms with E-state index in [1.54, 1.807) is 0 Å². The summed E-state index contributed by atoms with van der Waals surface area (Å²) >= 11 is 0. The third kappa shape index (κ3) is 6.01. The van der Waals surface area contributed by atoms with E-state index in [9.17, 15) is 4.79 Å². The third-order valence-corrected chi connectivity index (χ3v) is 5.53. The zero-order chi connectivity index (χ0) is 18.9. The van der Waals surface area contributed by atoms with Crippen LogP contribution in [-0.4, -0.2) is 36.7 Å². The Hall–Kier alpha value is -1.99. The Balaban J connectivity index is 1.62. The molecule has 0 N–H and O–H groups in total. The van der Waals surface area contributed by atoms with Crippen LogP contribution in [0.2, 0.25) is 0 Å². The predicted octanol–water partition coefficient (Wildman–Crippen LogP) is 4.18. The number of hydrogen-bond acceptors (Lipinski definition) is 3. The highest BCUT2D eigenvalue weighted by Crippen LogP contribution is 2.27. The summed E-state index contributed by atoms with van der Waals surface area (Å²) in [6.45, 7) is 2.69. The molecular formula is C23H31NO3.